The Morgan fingerprint density at radius 2 is 2.10 bits per heavy atom. The van der Waals surface area contributed by atoms with Crippen molar-refractivity contribution in [1.82, 2.24) is 9.97 Å². The van der Waals surface area contributed by atoms with Crippen LogP contribution in [0.4, 0.5) is 0 Å². The summed E-state index contributed by atoms with van der Waals surface area (Å²) in [5.41, 5.74) is 1.42. The highest BCUT2D eigenvalue weighted by atomic mass is 32.2. The molecule has 2 heterocycles. The van der Waals surface area contributed by atoms with E-state index in [0.717, 1.165) is 16.5 Å². The van der Waals surface area contributed by atoms with E-state index in [1.165, 1.54) is 23.0 Å². The highest BCUT2D eigenvalue weighted by molar-refractivity contribution is 8.01. The molecule has 20 heavy (non-hydrogen) atoms. The molecule has 2 aromatic heterocycles. The second-order valence-corrected chi connectivity index (χ2v) is 6.60. The van der Waals surface area contributed by atoms with Crippen LogP contribution in [-0.2, 0) is 6.42 Å². The van der Waals surface area contributed by atoms with Crippen LogP contribution in [0.15, 0.2) is 45.5 Å². The zero-order chi connectivity index (χ0) is 13.9. The van der Waals surface area contributed by atoms with Crippen molar-refractivity contribution in [3.05, 3.63) is 52.3 Å². The first kappa shape index (κ1) is 13.2. The van der Waals surface area contributed by atoms with Gasteiger partial charge >= 0.3 is 0 Å². The average molecular weight is 304 g/mol. The van der Waals surface area contributed by atoms with E-state index in [9.17, 15) is 9.90 Å². The summed E-state index contributed by atoms with van der Waals surface area (Å²) in [6.07, 6.45) is 0.962. The molecule has 0 bridgehead atoms. The van der Waals surface area contributed by atoms with Crippen molar-refractivity contribution >= 4 is 33.4 Å². The fourth-order valence-electron chi connectivity index (χ4n) is 1.86. The molecule has 0 unspecified atom stereocenters. The van der Waals surface area contributed by atoms with Crippen molar-refractivity contribution in [2.45, 2.75) is 10.8 Å². The quantitative estimate of drug-likeness (QED) is 0.727. The van der Waals surface area contributed by atoms with Crippen molar-refractivity contribution in [1.29, 1.82) is 0 Å². The van der Waals surface area contributed by atoms with Crippen molar-refractivity contribution < 1.29 is 5.11 Å². The minimum absolute atomic E-state index is 0.00356. The normalized spacial score (nSPS) is 11.0. The molecular formula is C14H12N2O2S2. The van der Waals surface area contributed by atoms with E-state index in [0.29, 0.717) is 10.3 Å². The number of nitrogens with one attached hydrogen (secondary N) is 1. The standard InChI is InChI=1S/C14H12N2O2S2/c17-10-8-11(18)15-13-12(10)20-14(16-13)19-7-6-9-4-2-1-3-5-9/h1-5,8H,6-7H2,(H2,15,17,18). The van der Waals surface area contributed by atoms with Gasteiger partial charge in [-0.2, -0.15) is 0 Å². The van der Waals surface area contributed by atoms with Crippen molar-refractivity contribution in [2.24, 2.45) is 0 Å². The van der Waals surface area contributed by atoms with Gasteiger partial charge in [-0.15, -0.1) is 11.3 Å². The van der Waals surface area contributed by atoms with Crippen LogP contribution in [0.5, 0.6) is 5.75 Å². The number of aromatic nitrogens is 2. The number of nitrogens with zero attached hydrogens (tertiary/aromatic N) is 1. The van der Waals surface area contributed by atoms with E-state index in [1.54, 1.807) is 11.8 Å². The number of hydrogen-bond donors (Lipinski definition) is 2. The number of hydrogen-bond acceptors (Lipinski definition) is 5. The number of fused-ring (bicyclic) bond motifs is 1. The molecular weight excluding hydrogens is 292 g/mol. The van der Waals surface area contributed by atoms with Gasteiger partial charge in [-0.1, -0.05) is 42.1 Å². The molecule has 2 N–H and O–H groups in total. The first-order valence-corrected chi connectivity index (χ1v) is 7.92. The average Bonchev–Trinajstić information content (AvgIpc) is 2.83. The molecule has 0 saturated carbocycles. The summed E-state index contributed by atoms with van der Waals surface area (Å²) in [5, 5.41) is 9.71. The lowest BCUT2D eigenvalue weighted by Gasteiger charge is -1.98. The zero-order valence-corrected chi connectivity index (χ0v) is 12.1. The minimum Gasteiger partial charge on any atom is -0.506 e. The Morgan fingerprint density at radius 1 is 1.30 bits per heavy atom. The van der Waals surface area contributed by atoms with Gasteiger partial charge in [0.15, 0.2) is 9.99 Å². The van der Waals surface area contributed by atoms with Gasteiger partial charge in [0.2, 0.25) is 0 Å². The maximum Gasteiger partial charge on any atom is 0.253 e. The third kappa shape index (κ3) is 2.86. The Kier molecular flexibility index (Phi) is 3.75. The molecule has 3 rings (SSSR count). The van der Waals surface area contributed by atoms with Gasteiger partial charge in [-0.3, -0.25) is 4.79 Å². The topological polar surface area (TPSA) is 66.0 Å². The Balaban J connectivity index is 1.72. The number of aromatic amines is 1. The van der Waals surface area contributed by atoms with Gasteiger partial charge in [-0.25, -0.2) is 4.98 Å². The molecule has 0 aliphatic heterocycles. The molecule has 0 aliphatic rings. The third-order valence-electron chi connectivity index (χ3n) is 2.81. The second kappa shape index (κ2) is 5.68. The van der Waals surface area contributed by atoms with E-state index in [4.69, 9.17) is 0 Å². The van der Waals surface area contributed by atoms with Crippen molar-refractivity contribution in [3.8, 4) is 5.75 Å². The van der Waals surface area contributed by atoms with Gasteiger partial charge in [0.25, 0.3) is 5.56 Å². The van der Waals surface area contributed by atoms with E-state index < -0.39 is 0 Å². The third-order valence-corrected chi connectivity index (χ3v) is 5.03. The molecule has 0 saturated heterocycles. The van der Waals surface area contributed by atoms with Gasteiger partial charge < -0.3 is 10.1 Å². The Labute approximate surface area is 123 Å². The first-order valence-electron chi connectivity index (χ1n) is 6.12. The molecule has 6 heteroatoms. The highest BCUT2D eigenvalue weighted by Gasteiger charge is 2.09. The lowest BCUT2D eigenvalue weighted by molar-refractivity contribution is 0.481. The maximum absolute atomic E-state index is 11.3. The number of pyridine rings is 1. The van der Waals surface area contributed by atoms with Crippen LogP contribution in [0, 0.1) is 0 Å². The van der Waals surface area contributed by atoms with Crippen LogP contribution in [0.3, 0.4) is 0 Å². The Morgan fingerprint density at radius 3 is 2.90 bits per heavy atom. The smallest absolute Gasteiger partial charge is 0.253 e. The Hall–Kier alpha value is -1.79. The summed E-state index contributed by atoms with van der Waals surface area (Å²) >= 11 is 3.03. The summed E-state index contributed by atoms with van der Waals surface area (Å²) < 4.78 is 1.49. The second-order valence-electron chi connectivity index (χ2n) is 4.26. The SMILES string of the molecule is O=c1cc(O)c2sc(SCCc3ccccc3)nc2[nH]1. The number of thiazole rings is 1. The van der Waals surface area contributed by atoms with Crippen LogP contribution >= 0.6 is 23.1 Å². The lowest BCUT2D eigenvalue weighted by Crippen LogP contribution is -2.02. The number of H-pyrrole nitrogens is 1. The molecule has 0 fully saturated rings. The van der Waals surface area contributed by atoms with Gasteiger partial charge in [0, 0.05) is 11.8 Å². The first-order chi connectivity index (χ1) is 9.72. The van der Waals surface area contributed by atoms with E-state index in [-0.39, 0.29) is 11.3 Å². The van der Waals surface area contributed by atoms with Crippen LogP contribution < -0.4 is 5.56 Å². The molecule has 3 aromatic rings. The maximum atomic E-state index is 11.3. The van der Waals surface area contributed by atoms with Crippen LogP contribution in [0.1, 0.15) is 5.56 Å². The van der Waals surface area contributed by atoms with E-state index in [2.05, 4.69) is 22.1 Å². The van der Waals surface area contributed by atoms with Gasteiger partial charge in [0.05, 0.1) is 0 Å². The summed E-state index contributed by atoms with van der Waals surface area (Å²) in [7, 11) is 0. The molecule has 102 valence electrons. The highest BCUT2D eigenvalue weighted by Crippen LogP contribution is 2.33. The van der Waals surface area contributed by atoms with Crippen LogP contribution in [0.2, 0.25) is 0 Å². The van der Waals surface area contributed by atoms with Crippen LogP contribution in [-0.4, -0.2) is 20.8 Å². The molecule has 1 aromatic carbocycles. The minimum atomic E-state index is -0.332. The predicted octanol–water partition coefficient (Wildman–Crippen LogP) is 3.03. The van der Waals surface area contributed by atoms with E-state index >= 15 is 0 Å². The molecule has 4 nitrogen and oxygen atoms in total. The summed E-state index contributed by atoms with van der Waals surface area (Å²) in [4.78, 5) is 18.2. The molecule has 0 aliphatic carbocycles. The largest absolute Gasteiger partial charge is 0.506 e. The predicted molar refractivity (Wildman–Crippen MR) is 82.8 cm³/mol. The molecule has 0 amide bonds. The van der Waals surface area contributed by atoms with Crippen molar-refractivity contribution in [3.63, 3.8) is 0 Å². The number of thioether (sulfide) groups is 1. The fraction of sp³-hybridized carbons (Fsp3) is 0.143. The lowest BCUT2D eigenvalue weighted by atomic mass is 10.2. The summed E-state index contributed by atoms with van der Waals surface area (Å²) in [6.45, 7) is 0. The zero-order valence-electron chi connectivity index (χ0n) is 10.5. The number of rotatable bonds is 4. The van der Waals surface area contributed by atoms with Gasteiger partial charge in [-0.05, 0) is 12.0 Å². The molecule has 0 atom stereocenters. The van der Waals surface area contributed by atoms with E-state index in [1.807, 2.05) is 18.2 Å². The summed E-state index contributed by atoms with van der Waals surface area (Å²) in [6, 6.07) is 11.4. The van der Waals surface area contributed by atoms with Crippen LogP contribution in [0.25, 0.3) is 10.3 Å². The van der Waals surface area contributed by atoms with Crippen molar-refractivity contribution in [2.75, 3.05) is 5.75 Å². The number of aromatic hydroxyl groups is 1. The monoisotopic (exact) mass is 304 g/mol. The number of benzene rings is 1. The van der Waals surface area contributed by atoms with Gasteiger partial charge in [0.1, 0.15) is 10.4 Å². The summed E-state index contributed by atoms with van der Waals surface area (Å²) in [5.74, 6) is 0.908. The fourth-order valence-corrected chi connectivity index (χ4v) is 3.94. The molecule has 0 spiro atoms. The number of aryl methyl sites for hydroxylation is 1. The Bertz CT molecular complexity index is 781. The molecule has 0 radical (unpaired) electrons.